The van der Waals surface area contributed by atoms with Gasteiger partial charge in [0.1, 0.15) is 0 Å². The van der Waals surface area contributed by atoms with Gasteiger partial charge in [0, 0.05) is 23.0 Å². The Balaban J connectivity index is 1.81. The van der Waals surface area contributed by atoms with E-state index >= 15 is 0 Å². The summed E-state index contributed by atoms with van der Waals surface area (Å²) in [6, 6.07) is 8.55. The number of hydrogen-bond donors (Lipinski definition) is 1. The third-order valence-corrected chi connectivity index (χ3v) is 3.77. The summed E-state index contributed by atoms with van der Waals surface area (Å²) in [5.41, 5.74) is 0. The molecule has 7 heteroatoms. The summed E-state index contributed by atoms with van der Waals surface area (Å²) in [4.78, 5) is 5.41. The molecular formula is C12H14BrN3O2S. The van der Waals surface area contributed by atoms with Gasteiger partial charge < -0.3 is 14.6 Å². The molecule has 102 valence electrons. The van der Waals surface area contributed by atoms with Crippen LogP contribution in [0.2, 0.25) is 0 Å². The van der Waals surface area contributed by atoms with Crippen molar-refractivity contribution in [3.63, 3.8) is 0 Å². The zero-order valence-corrected chi connectivity index (χ0v) is 12.8. The number of thioether (sulfide) groups is 1. The molecule has 0 aliphatic carbocycles. The van der Waals surface area contributed by atoms with Gasteiger partial charge in [-0.25, -0.2) is 0 Å². The van der Waals surface area contributed by atoms with Gasteiger partial charge in [-0.3, -0.25) is 0 Å². The Labute approximate surface area is 124 Å². The van der Waals surface area contributed by atoms with Gasteiger partial charge in [-0.05, 0) is 24.3 Å². The number of benzene rings is 1. The third kappa shape index (κ3) is 4.85. The Hall–Kier alpha value is -1.05. The minimum atomic E-state index is 0.434. The molecule has 0 bridgehead atoms. The molecule has 0 saturated heterocycles. The fourth-order valence-corrected chi connectivity index (χ4v) is 2.33. The molecule has 0 saturated carbocycles. The molecule has 0 aliphatic rings. The average Bonchev–Trinajstić information content (AvgIpc) is 2.86. The van der Waals surface area contributed by atoms with Crippen molar-refractivity contribution in [1.29, 1.82) is 0 Å². The molecule has 0 unspecified atom stereocenters. The summed E-state index contributed by atoms with van der Waals surface area (Å²) in [6.07, 6.45) is 0. The number of methoxy groups -OCH3 is 1. The van der Waals surface area contributed by atoms with Crippen LogP contribution >= 0.6 is 27.7 Å². The number of aromatic nitrogens is 2. The number of rotatable bonds is 7. The normalized spacial score (nSPS) is 10.6. The van der Waals surface area contributed by atoms with Crippen molar-refractivity contribution in [2.45, 2.75) is 10.6 Å². The molecule has 5 nitrogen and oxygen atoms in total. The highest BCUT2D eigenvalue weighted by atomic mass is 79.9. The highest BCUT2D eigenvalue weighted by Crippen LogP contribution is 2.23. The third-order valence-electron chi connectivity index (χ3n) is 2.23. The van der Waals surface area contributed by atoms with Crippen molar-refractivity contribution in [3.8, 4) is 0 Å². The van der Waals surface area contributed by atoms with Gasteiger partial charge in [0.05, 0.1) is 12.4 Å². The largest absolute Gasteiger partial charge is 0.383 e. The average molecular weight is 344 g/mol. The predicted molar refractivity (Wildman–Crippen MR) is 78.4 cm³/mol. The van der Waals surface area contributed by atoms with Gasteiger partial charge in [-0.1, -0.05) is 21.1 Å². The Morgan fingerprint density at radius 2 is 2.16 bits per heavy atom. The van der Waals surface area contributed by atoms with Crippen LogP contribution in [0, 0.1) is 0 Å². The summed E-state index contributed by atoms with van der Waals surface area (Å²) in [6.45, 7) is 1.25. The molecule has 1 aromatic carbocycles. The lowest BCUT2D eigenvalue weighted by Gasteiger charge is -1.98. The monoisotopic (exact) mass is 343 g/mol. The maximum absolute atomic E-state index is 5.07. The van der Waals surface area contributed by atoms with Crippen LogP contribution in [0.3, 0.4) is 0 Å². The first-order valence-electron chi connectivity index (χ1n) is 5.71. The lowest BCUT2D eigenvalue weighted by Crippen LogP contribution is -2.07. The molecule has 0 spiro atoms. The number of ether oxygens (including phenoxy) is 1. The fraction of sp³-hybridized carbons (Fsp3) is 0.333. The first-order valence-corrected chi connectivity index (χ1v) is 7.49. The standard InChI is InChI=1S/C12H14BrN3O2S/c1-17-7-6-14-12-15-11(16-18-12)8-19-10-4-2-9(13)3-5-10/h2-5H,6-8H2,1H3,(H,14,15,16). The van der Waals surface area contributed by atoms with Crippen molar-refractivity contribution in [1.82, 2.24) is 10.1 Å². The van der Waals surface area contributed by atoms with E-state index in [4.69, 9.17) is 9.26 Å². The number of nitrogens with one attached hydrogen (secondary N) is 1. The molecule has 19 heavy (non-hydrogen) atoms. The molecule has 1 heterocycles. The van der Waals surface area contributed by atoms with Crippen molar-refractivity contribution >= 4 is 33.7 Å². The molecular weight excluding hydrogens is 330 g/mol. The van der Waals surface area contributed by atoms with E-state index in [1.54, 1.807) is 18.9 Å². The van der Waals surface area contributed by atoms with Gasteiger partial charge in [-0.2, -0.15) is 4.98 Å². The van der Waals surface area contributed by atoms with Gasteiger partial charge in [0.25, 0.3) is 0 Å². The second-order valence-electron chi connectivity index (χ2n) is 3.68. The molecule has 2 aromatic rings. The van der Waals surface area contributed by atoms with E-state index < -0.39 is 0 Å². The van der Waals surface area contributed by atoms with E-state index in [1.807, 2.05) is 24.3 Å². The smallest absolute Gasteiger partial charge is 0.321 e. The van der Waals surface area contributed by atoms with Crippen molar-refractivity contribution in [2.24, 2.45) is 0 Å². The summed E-state index contributed by atoms with van der Waals surface area (Å²) in [5, 5.41) is 6.90. The van der Waals surface area contributed by atoms with Crippen LogP contribution in [0.15, 0.2) is 38.2 Å². The van der Waals surface area contributed by atoms with Crippen LogP contribution in [-0.2, 0) is 10.5 Å². The number of nitrogens with zero attached hydrogens (tertiary/aromatic N) is 2. The van der Waals surface area contributed by atoms with E-state index in [0.717, 1.165) is 4.47 Å². The number of hydrogen-bond acceptors (Lipinski definition) is 6. The van der Waals surface area contributed by atoms with Gasteiger partial charge >= 0.3 is 6.01 Å². The number of halogens is 1. The fourth-order valence-electron chi connectivity index (χ4n) is 1.32. The number of anilines is 1. The quantitative estimate of drug-likeness (QED) is 0.615. The molecule has 0 aliphatic heterocycles. The first kappa shape index (κ1) is 14.4. The topological polar surface area (TPSA) is 60.2 Å². The zero-order valence-electron chi connectivity index (χ0n) is 10.4. The summed E-state index contributed by atoms with van der Waals surface area (Å²) >= 11 is 5.07. The Kier molecular flexibility index (Phi) is 5.68. The van der Waals surface area contributed by atoms with Crippen LogP contribution in [0.5, 0.6) is 0 Å². The van der Waals surface area contributed by atoms with Gasteiger partial charge in [0.2, 0.25) is 0 Å². The Morgan fingerprint density at radius 3 is 2.89 bits per heavy atom. The SMILES string of the molecule is COCCNc1nc(CSc2ccc(Br)cc2)no1. The van der Waals surface area contributed by atoms with Crippen LogP contribution in [0.25, 0.3) is 0 Å². The van der Waals surface area contributed by atoms with E-state index in [1.165, 1.54) is 4.90 Å². The van der Waals surface area contributed by atoms with E-state index in [9.17, 15) is 0 Å². The summed E-state index contributed by atoms with van der Waals surface area (Å²) in [7, 11) is 1.65. The van der Waals surface area contributed by atoms with Crippen LogP contribution in [0.4, 0.5) is 6.01 Å². The predicted octanol–water partition coefficient (Wildman–Crippen LogP) is 3.18. The molecule has 0 atom stereocenters. The first-order chi connectivity index (χ1) is 9.28. The summed E-state index contributed by atoms with van der Waals surface area (Å²) < 4.78 is 11.1. The molecule has 1 aromatic heterocycles. The van der Waals surface area contributed by atoms with E-state index in [2.05, 4.69) is 31.4 Å². The van der Waals surface area contributed by atoms with E-state index in [0.29, 0.717) is 30.7 Å². The second kappa shape index (κ2) is 7.52. The highest BCUT2D eigenvalue weighted by Gasteiger charge is 2.06. The minimum Gasteiger partial charge on any atom is -0.383 e. The molecule has 0 radical (unpaired) electrons. The Bertz CT molecular complexity index is 504. The van der Waals surface area contributed by atoms with Crippen molar-refractivity contribution < 1.29 is 9.26 Å². The van der Waals surface area contributed by atoms with Crippen LogP contribution < -0.4 is 5.32 Å². The molecule has 2 rings (SSSR count). The molecule has 0 amide bonds. The lowest BCUT2D eigenvalue weighted by molar-refractivity contribution is 0.210. The van der Waals surface area contributed by atoms with Gasteiger partial charge in [-0.15, -0.1) is 11.8 Å². The van der Waals surface area contributed by atoms with Crippen LogP contribution in [-0.4, -0.2) is 30.4 Å². The van der Waals surface area contributed by atoms with Crippen LogP contribution in [0.1, 0.15) is 5.82 Å². The highest BCUT2D eigenvalue weighted by molar-refractivity contribution is 9.10. The molecule has 1 N–H and O–H groups in total. The van der Waals surface area contributed by atoms with E-state index in [-0.39, 0.29) is 0 Å². The molecule has 0 fully saturated rings. The second-order valence-corrected chi connectivity index (χ2v) is 5.64. The minimum absolute atomic E-state index is 0.434. The van der Waals surface area contributed by atoms with Crippen molar-refractivity contribution in [2.75, 3.05) is 25.6 Å². The maximum atomic E-state index is 5.07. The summed E-state index contributed by atoms with van der Waals surface area (Å²) in [5.74, 6) is 1.35. The van der Waals surface area contributed by atoms with Crippen molar-refractivity contribution in [3.05, 3.63) is 34.6 Å². The lowest BCUT2D eigenvalue weighted by atomic mass is 10.4. The maximum Gasteiger partial charge on any atom is 0.321 e. The van der Waals surface area contributed by atoms with Gasteiger partial charge in [0.15, 0.2) is 5.82 Å². The Morgan fingerprint density at radius 1 is 1.37 bits per heavy atom. The zero-order chi connectivity index (χ0) is 13.5.